The highest BCUT2D eigenvalue weighted by Crippen LogP contribution is 2.30. The van der Waals surface area contributed by atoms with Crippen molar-refractivity contribution in [3.8, 4) is 16.9 Å². The Morgan fingerprint density at radius 1 is 1.12 bits per heavy atom. The summed E-state index contributed by atoms with van der Waals surface area (Å²) in [5, 5.41) is 2.89. The quantitative estimate of drug-likeness (QED) is 0.788. The predicted octanol–water partition coefficient (Wildman–Crippen LogP) is 3.32. The van der Waals surface area contributed by atoms with Gasteiger partial charge in [-0.3, -0.25) is 4.79 Å². The number of hydrogen-bond acceptors (Lipinski definition) is 4. The van der Waals surface area contributed by atoms with Crippen LogP contribution in [0.1, 0.15) is 27.4 Å². The third-order valence-corrected chi connectivity index (χ3v) is 4.44. The second-order valence-corrected chi connectivity index (χ2v) is 6.29. The molecule has 1 N–H and O–H groups in total. The summed E-state index contributed by atoms with van der Waals surface area (Å²) in [7, 11) is 0. The molecule has 2 heterocycles. The van der Waals surface area contributed by atoms with Gasteiger partial charge in [-0.15, -0.1) is 0 Å². The van der Waals surface area contributed by atoms with Gasteiger partial charge in [0, 0.05) is 19.2 Å². The van der Waals surface area contributed by atoms with Gasteiger partial charge in [0.2, 0.25) is 0 Å². The lowest BCUT2D eigenvalue weighted by atomic mass is 10.0. The first-order valence-corrected chi connectivity index (χ1v) is 8.62. The third-order valence-electron chi connectivity index (χ3n) is 4.44. The topological polar surface area (TPSA) is 64.1 Å². The van der Waals surface area contributed by atoms with E-state index >= 15 is 0 Å². The number of aryl methyl sites for hydroxylation is 1. The molecule has 26 heavy (non-hydrogen) atoms. The van der Waals surface area contributed by atoms with E-state index in [0.29, 0.717) is 18.1 Å². The van der Waals surface area contributed by atoms with Crippen molar-refractivity contribution in [2.24, 2.45) is 0 Å². The first kappa shape index (κ1) is 16.3. The van der Waals surface area contributed by atoms with Crippen molar-refractivity contribution in [2.75, 3.05) is 6.61 Å². The number of benzene rings is 2. The van der Waals surface area contributed by atoms with Crippen molar-refractivity contribution in [3.05, 3.63) is 77.4 Å². The van der Waals surface area contributed by atoms with Crippen LogP contribution in [0.5, 0.6) is 5.75 Å². The molecular formula is C21H19N3O2. The molecule has 0 radical (unpaired) electrons. The predicted molar refractivity (Wildman–Crippen MR) is 99.0 cm³/mol. The molecule has 5 nitrogen and oxygen atoms in total. The fourth-order valence-electron chi connectivity index (χ4n) is 3.04. The second-order valence-electron chi connectivity index (χ2n) is 6.29. The number of hydrogen-bond donors (Lipinski definition) is 1. The minimum absolute atomic E-state index is 0.196. The number of ether oxygens (including phenoxy) is 1. The monoisotopic (exact) mass is 345 g/mol. The molecule has 0 spiro atoms. The smallest absolute Gasteiger partial charge is 0.270 e. The van der Waals surface area contributed by atoms with Crippen molar-refractivity contribution >= 4 is 5.91 Å². The van der Waals surface area contributed by atoms with E-state index in [1.807, 2.05) is 18.2 Å². The summed E-state index contributed by atoms with van der Waals surface area (Å²) in [4.78, 5) is 20.3. The van der Waals surface area contributed by atoms with Crippen LogP contribution in [0.15, 0.2) is 54.7 Å². The number of carbonyl (C=O) groups excluding carboxylic acids is 1. The number of fused-ring (bicyclic) bond motifs is 1. The molecule has 0 aliphatic carbocycles. The van der Waals surface area contributed by atoms with E-state index in [0.717, 1.165) is 29.9 Å². The zero-order chi connectivity index (χ0) is 17.9. The summed E-state index contributed by atoms with van der Waals surface area (Å²) < 4.78 is 5.56. The molecular weight excluding hydrogens is 326 g/mol. The number of nitrogens with zero attached hydrogens (tertiary/aromatic N) is 2. The summed E-state index contributed by atoms with van der Waals surface area (Å²) in [6.45, 7) is 2.99. The zero-order valence-electron chi connectivity index (χ0n) is 14.5. The van der Waals surface area contributed by atoms with E-state index < -0.39 is 0 Å². The molecule has 4 rings (SSSR count). The van der Waals surface area contributed by atoms with Gasteiger partial charge in [-0.1, -0.05) is 30.3 Å². The maximum atomic E-state index is 12.2. The Kier molecular flexibility index (Phi) is 4.35. The van der Waals surface area contributed by atoms with Crippen LogP contribution >= 0.6 is 0 Å². The Balaban J connectivity index is 1.42. The molecule has 2 aromatic carbocycles. The molecule has 0 bridgehead atoms. The second kappa shape index (κ2) is 6.96. The molecule has 0 fully saturated rings. The summed E-state index contributed by atoms with van der Waals surface area (Å²) in [6.07, 6.45) is 2.56. The first-order chi connectivity index (χ1) is 12.7. The number of amides is 1. The Morgan fingerprint density at radius 3 is 2.73 bits per heavy atom. The summed E-state index contributed by atoms with van der Waals surface area (Å²) in [5.74, 6) is 1.38. The fraction of sp³-hybridized carbons (Fsp3) is 0.190. The van der Waals surface area contributed by atoms with Crippen molar-refractivity contribution in [2.45, 2.75) is 19.9 Å². The standard InChI is InChI=1S/C21H19N3O2/c1-14-22-10-8-19(24-14)21(25)23-13-15-2-4-16(5-3-15)17-6-7-20-18(12-17)9-11-26-20/h2-8,10,12H,9,11,13H2,1H3,(H,23,25). The highest BCUT2D eigenvalue weighted by atomic mass is 16.5. The zero-order valence-corrected chi connectivity index (χ0v) is 14.5. The number of carbonyl (C=O) groups is 1. The molecule has 5 heteroatoms. The number of nitrogens with one attached hydrogen (secondary N) is 1. The van der Waals surface area contributed by atoms with Crippen LogP contribution in [-0.2, 0) is 13.0 Å². The average molecular weight is 345 g/mol. The number of rotatable bonds is 4. The average Bonchev–Trinajstić information content (AvgIpc) is 3.14. The van der Waals surface area contributed by atoms with Crippen LogP contribution < -0.4 is 10.1 Å². The highest BCUT2D eigenvalue weighted by Gasteiger charge is 2.12. The van der Waals surface area contributed by atoms with E-state index in [4.69, 9.17) is 4.74 Å². The van der Waals surface area contributed by atoms with Crippen LogP contribution in [0, 0.1) is 6.92 Å². The van der Waals surface area contributed by atoms with Gasteiger partial charge in [0.15, 0.2) is 0 Å². The molecule has 0 unspecified atom stereocenters. The van der Waals surface area contributed by atoms with E-state index in [-0.39, 0.29) is 5.91 Å². The molecule has 1 aromatic heterocycles. The SMILES string of the molecule is Cc1nccc(C(=O)NCc2ccc(-c3ccc4c(c3)CCO4)cc2)n1. The molecule has 1 aliphatic heterocycles. The van der Waals surface area contributed by atoms with Crippen molar-refractivity contribution in [1.29, 1.82) is 0 Å². The normalized spacial score (nSPS) is 12.3. The largest absolute Gasteiger partial charge is 0.493 e. The van der Waals surface area contributed by atoms with Gasteiger partial charge in [-0.25, -0.2) is 9.97 Å². The van der Waals surface area contributed by atoms with E-state index in [9.17, 15) is 4.79 Å². The number of aromatic nitrogens is 2. The van der Waals surface area contributed by atoms with E-state index in [2.05, 4.69) is 39.6 Å². The lowest BCUT2D eigenvalue weighted by molar-refractivity contribution is 0.0945. The fourth-order valence-corrected chi connectivity index (χ4v) is 3.04. The third kappa shape index (κ3) is 3.42. The highest BCUT2D eigenvalue weighted by molar-refractivity contribution is 5.92. The van der Waals surface area contributed by atoms with Gasteiger partial charge in [0.25, 0.3) is 5.91 Å². The van der Waals surface area contributed by atoms with Crippen LogP contribution in [0.4, 0.5) is 0 Å². The van der Waals surface area contributed by atoms with E-state index in [1.165, 1.54) is 11.1 Å². The van der Waals surface area contributed by atoms with Crippen LogP contribution in [0.2, 0.25) is 0 Å². The van der Waals surface area contributed by atoms with Gasteiger partial charge in [-0.2, -0.15) is 0 Å². The Labute approximate surface area is 152 Å². The van der Waals surface area contributed by atoms with E-state index in [1.54, 1.807) is 19.2 Å². The van der Waals surface area contributed by atoms with Crippen molar-refractivity contribution in [3.63, 3.8) is 0 Å². The molecule has 0 saturated carbocycles. The maximum absolute atomic E-state index is 12.2. The maximum Gasteiger partial charge on any atom is 0.270 e. The Hall–Kier alpha value is -3.21. The van der Waals surface area contributed by atoms with Crippen LogP contribution in [-0.4, -0.2) is 22.5 Å². The minimum atomic E-state index is -0.196. The van der Waals surface area contributed by atoms with Crippen LogP contribution in [0.3, 0.4) is 0 Å². The molecule has 1 amide bonds. The molecule has 0 atom stereocenters. The minimum Gasteiger partial charge on any atom is -0.493 e. The van der Waals surface area contributed by atoms with Crippen LogP contribution in [0.25, 0.3) is 11.1 Å². The molecule has 130 valence electrons. The van der Waals surface area contributed by atoms with Crippen molar-refractivity contribution < 1.29 is 9.53 Å². The summed E-state index contributed by atoms with van der Waals surface area (Å²) >= 11 is 0. The lowest BCUT2D eigenvalue weighted by Gasteiger charge is -2.08. The van der Waals surface area contributed by atoms with Crippen molar-refractivity contribution in [1.82, 2.24) is 15.3 Å². The summed E-state index contributed by atoms with van der Waals surface area (Å²) in [5.41, 5.74) is 5.02. The molecule has 0 saturated heterocycles. The first-order valence-electron chi connectivity index (χ1n) is 8.62. The Bertz CT molecular complexity index is 952. The summed E-state index contributed by atoms with van der Waals surface area (Å²) in [6, 6.07) is 16.1. The van der Waals surface area contributed by atoms with Gasteiger partial charge < -0.3 is 10.1 Å². The van der Waals surface area contributed by atoms with Gasteiger partial charge >= 0.3 is 0 Å². The molecule has 3 aromatic rings. The lowest BCUT2D eigenvalue weighted by Crippen LogP contribution is -2.24. The van der Waals surface area contributed by atoms with Gasteiger partial charge in [0.05, 0.1) is 6.61 Å². The Morgan fingerprint density at radius 2 is 1.92 bits per heavy atom. The van der Waals surface area contributed by atoms with Gasteiger partial charge in [0.1, 0.15) is 17.3 Å². The molecule has 1 aliphatic rings. The van der Waals surface area contributed by atoms with Gasteiger partial charge in [-0.05, 0) is 47.4 Å².